The average Bonchev–Trinajstić information content (AvgIpc) is 2.41. The molecule has 1 nitrogen and oxygen atoms in total. The molecule has 1 N–H and O–H groups in total. The van der Waals surface area contributed by atoms with Crippen LogP contribution in [0.1, 0.15) is 24.1 Å². The van der Waals surface area contributed by atoms with Crippen LogP contribution >= 0.6 is 22.6 Å². The molecule has 20 heavy (non-hydrogen) atoms. The first-order valence-electron chi connectivity index (χ1n) is 6.53. The van der Waals surface area contributed by atoms with E-state index in [0.717, 1.165) is 9.13 Å². The summed E-state index contributed by atoms with van der Waals surface area (Å²) in [5.41, 5.74) is 1.17. The van der Waals surface area contributed by atoms with Gasteiger partial charge in [0.1, 0.15) is 11.6 Å². The highest BCUT2D eigenvalue weighted by atomic mass is 127. The monoisotopic (exact) mass is 387 g/mol. The Morgan fingerprint density at radius 2 is 1.65 bits per heavy atom. The summed E-state index contributed by atoms with van der Waals surface area (Å²) >= 11 is 2.23. The van der Waals surface area contributed by atoms with Gasteiger partial charge in [0.25, 0.3) is 0 Å². The highest BCUT2D eigenvalue weighted by molar-refractivity contribution is 14.1. The smallest absolute Gasteiger partial charge is 0.130 e. The lowest BCUT2D eigenvalue weighted by Gasteiger charge is -2.20. The summed E-state index contributed by atoms with van der Waals surface area (Å²) < 4.78 is 29.0. The lowest BCUT2D eigenvalue weighted by atomic mass is 9.98. The number of halogens is 3. The van der Waals surface area contributed by atoms with Crippen molar-refractivity contribution in [3.63, 3.8) is 0 Å². The Morgan fingerprint density at radius 1 is 1.05 bits per heavy atom. The fourth-order valence-corrected chi connectivity index (χ4v) is 2.58. The normalized spacial score (nSPS) is 12.4. The topological polar surface area (TPSA) is 12.0 Å². The molecular weight excluding hydrogens is 371 g/mol. The van der Waals surface area contributed by atoms with Crippen molar-refractivity contribution in [1.82, 2.24) is 5.32 Å². The number of nitrogens with one attached hydrogen (secondary N) is 1. The highest BCUT2D eigenvalue weighted by Gasteiger charge is 2.19. The van der Waals surface area contributed by atoms with E-state index in [1.54, 1.807) is 0 Å². The predicted molar refractivity (Wildman–Crippen MR) is 85.6 cm³/mol. The molecule has 2 aromatic rings. The lowest BCUT2D eigenvalue weighted by Crippen LogP contribution is -2.25. The first kappa shape index (κ1) is 15.4. The second-order valence-electron chi connectivity index (χ2n) is 4.58. The fourth-order valence-electron chi connectivity index (χ4n) is 2.22. The summed E-state index contributed by atoms with van der Waals surface area (Å²) in [6.45, 7) is 2.59. The zero-order chi connectivity index (χ0) is 14.5. The zero-order valence-corrected chi connectivity index (χ0v) is 13.3. The number of hydrogen-bond acceptors (Lipinski definition) is 1. The van der Waals surface area contributed by atoms with Crippen LogP contribution in [0.25, 0.3) is 0 Å². The van der Waals surface area contributed by atoms with Gasteiger partial charge in [-0.3, -0.25) is 0 Å². The summed E-state index contributed by atoms with van der Waals surface area (Å²) in [6, 6.07) is 11.6. The number of benzene rings is 2. The van der Waals surface area contributed by atoms with Gasteiger partial charge >= 0.3 is 0 Å². The van der Waals surface area contributed by atoms with Gasteiger partial charge in [0.15, 0.2) is 0 Å². The molecule has 0 heterocycles. The summed E-state index contributed by atoms with van der Waals surface area (Å²) in [7, 11) is 0. The largest absolute Gasteiger partial charge is 0.310 e. The molecule has 2 aromatic carbocycles. The molecule has 0 spiro atoms. The van der Waals surface area contributed by atoms with E-state index in [1.807, 2.05) is 31.2 Å². The van der Waals surface area contributed by atoms with Gasteiger partial charge in [0.2, 0.25) is 0 Å². The predicted octanol–water partition coefficient (Wildman–Crippen LogP) is 4.46. The van der Waals surface area contributed by atoms with Crippen molar-refractivity contribution in [3.8, 4) is 0 Å². The molecule has 4 heteroatoms. The van der Waals surface area contributed by atoms with Crippen molar-refractivity contribution in [2.75, 3.05) is 6.54 Å². The molecule has 0 radical (unpaired) electrons. The molecule has 0 aliphatic rings. The highest BCUT2D eigenvalue weighted by Crippen LogP contribution is 2.24. The molecule has 1 atom stereocenters. The molecule has 0 saturated carbocycles. The van der Waals surface area contributed by atoms with Crippen LogP contribution in [-0.2, 0) is 6.42 Å². The maximum Gasteiger partial charge on any atom is 0.130 e. The number of likely N-dealkylation sites (N-methyl/N-ethyl adjacent to an activating group) is 1. The van der Waals surface area contributed by atoms with E-state index in [9.17, 15) is 8.78 Å². The van der Waals surface area contributed by atoms with Crippen molar-refractivity contribution >= 4 is 22.6 Å². The summed E-state index contributed by atoms with van der Waals surface area (Å²) in [4.78, 5) is 0. The van der Waals surface area contributed by atoms with Crippen molar-refractivity contribution in [2.45, 2.75) is 19.4 Å². The van der Waals surface area contributed by atoms with Crippen LogP contribution in [0.5, 0.6) is 0 Å². The van der Waals surface area contributed by atoms with Crippen LogP contribution in [0.4, 0.5) is 8.78 Å². The SMILES string of the molecule is CCNC(Cc1ccc(I)cc1)c1c(F)cccc1F. The van der Waals surface area contributed by atoms with Crippen LogP contribution in [0.15, 0.2) is 42.5 Å². The Bertz CT molecular complexity index is 549. The minimum absolute atomic E-state index is 0.118. The van der Waals surface area contributed by atoms with Crippen LogP contribution < -0.4 is 5.32 Å². The van der Waals surface area contributed by atoms with Crippen LogP contribution in [0.2, 0.25) is 0 Å². The number of rotatable bonds is 5. The van der Waals surface area contributed by atoms with Gasteiger partial charge in [-0.25, -0.2) is 8.78 Å². The molecule has 1 unspecified atom stereocenters. The average molecular weight is 387 g/mol. The standard InChI is InChI=1S/C16H16F2IN/c1-2-20-15(10-11-6-8-12(19)9-7-11)16-13(17)4-3-5-14(16)18/h3-9,15,20H,2,10H2,1H3. The van der Waals surface area contributed by atoms with Crippen LogP contribution in [-0.4, -0.2) is 6.54 Å². The molecule has 0 amide bonds. The second-order valence-corrected chi connectivity index (χ2v) is 5.82. The third-order valence-electron chi connectivity index (χ3n) is 3.15. The van der Waals surface area contributed by atoms with Gasteiger partial charge in [0, 0.05) is 15.2 Å². The van der Waals surface area contributed by atoms with E-state index >= 15 is 0 Å². The van der Waals surface area contributed by atoms with E-state index in [2.05, 4.69) is 27.9 Å². The quantitative estimate of drug-likeness (QED) is 0.747. The van der Waals surface area contributed by atoms with Gasteiger partial charge in [-0.15, -0.1) is 0 Å². The molecule has 0 aromatic heterocycles. The van der Waals surface area contributed by atoms with Crippen molar-refractivity contribution in [1.29, 1.82) is 0 Å². The Morgan fingerprint density at radius 3 is 2.20 bits per heavy atom. The molecule has 2 rings (SSSR count). The molecule has 106 valence electrons. The van der Waals surface area contributed by atoms with E-state index in [0.29, 0.717) is 13.0 Å². The minimum Gasteiger partial charge on any atom is -0.310 e. The maximum atomic E-state index is 13.9. The molecular formula is C16H16F2IN. The number of hydrogen-bond donors (Lipinski definition) is 1. The first-order valence-corrected chi connectivity index (χ1v) is 7.61. The third kappa shape index (κ3) is 3.76. The van der Waals surface area contributed by atoms with E-state index in [-0.39, 0.29) is 11.6 Å². The summed E-state index contributed by atoms with van der Waals surface area (Å²) in [5, 5.41) is 3.16. The third-order valence-corrected chi connectivity index (χ3v) is 3.87. The molecule has 0 fully saturated rings. The minimum atomic E-state index is -0.499. The Labute approximate surface area is 131 Å². The molecule has 0 aliphatic carbocycles. The van der Waals surface area contributed by atoms with E-state index in [1.165, 1.54) is 18.2 Å². The molecule has 0 bridgehead atoms. The van der Waals surface area contributed by atoms with Gasteiger partial charge in [0.05, 0.1) is 0 Å². The zero-order valence-electron chi connectivity index (χ0n) is 11.2. The van der Waals surface area contributed by atoms with Crippen molar-refractivity contribution in [3.05, 3.63) is 68.8 Å². The molecule has 0 saturated heterocycles. The van der Waals surface area contributed by atoms with Crippen LogP contribution in [0, 0.1) is 15.2 Å². The van der Waals surface area contributed by atoms with Crippen molar-refractivity contribution < 1.29 is 8.78 Å². The van der Waals surface area contributed by atoms with Gasteiger partial charge in [-0.1, -0.05) is 25.1 Å². The van der Waals surface area contributed by atoms with Crippen LogP contribution in [0.3, 0.4) is 0 Å². The van der Waals surface area contributed by atoms with E-state index < -0.39 is 11.6 Å². The Balaban J connectivity index is 2.29. The maximum absolute atomic E-state index is 13.9. The van der Waals surface area contributed by atoms with E-state index in [4.69, 9.17) is 0 Å². The molecule has 0 aliphatic heterocycles. The Kier molecular flexibility index (Phi) is 5.48. The second kappa shape index (κ2) is 7.13. The summed E-state index contributed by atoms with van der Waals surface area (Å²) in [6.07, 6.45) is 0.558. The van der Waals surface area contributed by atoms with Crippen molar-refractivity contribution in [2.24, 2.45) is 0 Å². The lowest BCUT2D eigenvalue weighted by molar-refractivity contribution is 0.473. The van der Waals surface area contributed by atoms with Gasteiger partial charge in [-0.05, 0) is 65.4 Å². The Hall–Kier alpha value is -1.01. The fraction of sp³-hybridized carbons (Fsp3) is 0.250. The van der Waals surface area contributed by atoms with Gasteiger partial charge in [-0.2, -0.15) is 0 Å². The first-order chi connectivity index (χ1) is 9.61. The summed E-state index contributed by atoms with van der Waals surface area (Å²) in [5.74, 6) is -0.997. The van der Waals surface area contributed by atoms with Gasteiger partial charge < -0.3 is 5.32 Å².